The first-order valence-corrected chi connectivity index (χ1v) is 8.33. The Morgan fingerprint density at radius 1 is 0.704 bits per heavy atom. The molecule has 0 fully saturated rings. The van der Waals surface area contributed by atoms with E-state index in [1.807, 2.05) is 0 Å². The lowest BCUT2D eigenvalue weighted by Gasteiger charge is -2.25. The fourth-order valence-corrected chi connectivity index (χ4v) is 3.49. The molecule has 0 aliphatic heterocycles. The average molecular weight is 364 g/mol. The largest absolute Gasteiger partial charge is 0.507 e. The summed E-state index contributed by atoms with van der Waals surface area (Å²) in [5.74, 6) is -0.586. The van der Waals surface area contributed by atoms with E-state index in [0.717, 1.165) is 0 Å². The van der Waals surface area contributed by atoms with Crippen molar-refractivity contribution in [3.63, 3.8) is 0 Å². The van der Waals surface area contributed by atoms with Gasteiger partial charge < -0.3 is 19.0 Å². The third-order valence-corrected chi connectivity index (χ3v) is 4.82. The fourth-order valence-electron chi connectivity index (χ4n) is 3.49. The zero-order chi connectivity index (χ0) is 19.3. The normalized spacial score (nSPS) is 11.9. The smallest absolute Gasteiger partial charge is 0.344 e. The van der Waals surface area contributed by atoms with Crippen LogP contribution < -0.4 is 11.3 Å². The van der Waals surface area contributed by atoms with Gasteiger partial charge in [-0.3, -0.25) is 0 Å². The highest BCUT2D eigenvalue weighted by Crippen LogP contribution is 2.41. The number of hydrogen-bond acceptors (Lipinski definition) is 6. The molecular formula is C21H16O6. The van der Waals surface area contributed by atoms with Crippen molar-refractivity contribution in [2.45, 2.75) is 19.3 Å². The SMILES string of the molecule is CC(C)(c1c(O)c2ccccc2oc1=O)c1c(O)c2ccccc2oc1=O. The van der Waals surface area contributed by atoms with Gasteiger partial charge in [0.15, 0.2) is 0 Å². The van der Waals surface area contributed by atoms with E-state index in [1.165, 1.54) is 0 Å². The highest BCUT2D eigenvalue weighted by Gasteiger charge is 2.37. The second kappa shape index (κ2) is 5.74. The van der Waals surface area contributed by atoms with Crippen LogP contribution in [0.2, 0.25) is 0 Å². The van der Waals surface area contributed by atoms with Crippen molar-refractivity contribution in [2.24, 2.45) is 0 Å². The maximum atomic E-state index is 12.6. The van der Waals surface area contributed by atoms with Gasteiger partial charge in [-0.2, -0.15) is 0 Å². The molecule has 6 heteroatoms. The number of rotatable bonds is 2. The number of hydrogen-bond donors (Lipinski definition) is 2. The molecule has 0 spiro atoms. The first-order valence-electron chi connectivity index (χ1n) is 8.33. The van der Waals surface area contributed by atoms with Crippen molar-refractivity contribution >= 4 is 21.9 Å². The highest BCUT2D eigenvalue weighted by molar-refractivity contribution is 5.86. The molecule has 4 aromatic rings. The van der Waals surface area contributed by atoms with Crippen LogP contribution in [0, 0.1) is 0 Å². The molecule has 2 heterocycles. The van der Waals surface area contributed by atoms with Gasteiger partial charge in [0.1, 0.15) is 22.7 Å². The molecule has 0 atom stereocenters. The summed E-state index contributed by atoms with van der Waals surface area (Å²) < 4.78 is 10.6. The van der Waals surface area contributed by atoms with Gasteiger partial charge in [0.2, 0.25) is 0 Å². The van der Waals surface area contributed by atoms with Crippen LogP contribution in [0.5, 0.6) is 11.5 Å². The number of benzene rings is 2. The minimum absolute atomic E-state index is 0.126. The van der Waals surface area contributed by atoms with E-state index in [1.54, 1.807) is 62.4 Å². The second-order valence-corrected chi connectivity index (χ2v) is 6.84. The Morgan fingerprint density at radius 3 is 1.48 bits per heavy atom. The summed E-state index contributed by atoms with van der Waals surface area (Å²) in [7, 11) is 0. The number of aromatic hydroxyl groups is 2. The van der Waals surface area contributed by atoms with Crippen LogP contribution in [0.1, 0.15) is 25.0 Å². The molecule has 2 aromatic heterocycles. The van der Waals surface area contributed by atoms with Gasteiger partial charge in [-0.15, -0.1) is 0 Å². The maximum absolute atomic E-state index is 12.6. The summed E-state index contributed by atoms with van der Waals surface area (Å²) in [6, 6.07) is 13.1. The van der Waals surface area contributed by atoms with Gasteiger partial charge in [0.25, 0.3) is 0 Å². The Balaban J connectivity index is 2.09. The Bertz CT molecular complexity index is 1210. The lowest BCUT2D eigenvalue weighted by atomic mass is 9.78. The molecule has 0 aliphatic carbocycles. The molecule has 4 rings (SSSR count). The highest BCUT2D eigenvalue weighted by atomic mass is 16.4. The second-order valence-electron chi connectivity index (χ2n) is 6.84. The Morgan fingerprint density at radius 2 is 1.07 bits per heavy atom. The first kappa shape index (κ1) is 16.9. The summed E-state index contributed by atoms with van der Waals surface area (Å²) in [5, 5.41) is 22.2. The van der Waals surface area contributed by atoms with E-state index in [9.17, 15) is 19.8 Å². The molecule has 27 heavy (non-hydrogen) atoms. The van der Waals surface area contributed by atoms with Crippen molar-refractivity contribution in [1.82, 2.24) is 0 Å². The van der Waals surface area contributed by atoms with Crippen molar-refractivity contribution in [3.05, 3.63) is 80.5 Å². The summed E-state index contributed by atoms with van der Waals surface area (Å²) in [6.45, 7) is 3.10. The summed E-state index contributed by atoms with van der Waals surface area (Å²) in [6.07, 6.45) is 0. The van der Waals surface area contributed by atoms with Crippen molar-refractivity contribution in [1.29, 1.82) is 0 Å². The fraction of sp³-hybridized carbons (Fsp3) is 0.143. The molecule has 0 unspecified atom stereocenters. The predicted octanol–water partition coefficient (Wildman–Crippen LogP) is 3.64. The van der Waals surface area contributed by atoms with Crippen LogP contribution in [0.4, 0.5) is 0 Å². The zero-order valence-electron chi connectivity index (χ0n) is 14.6. The molecule has 2 aromatic carbocycles. The van der Waals surface area contributed by atoms with Crippen LogP contribution in [0.3, 0.4) is 0 Å². The molecule has 0 saturated heterocycles. The van der Waals surface area contributed by atoms with Gasteiger partial charge in [0, 0.05) is 5.41 Å². The lowest BCUT2D eigenvalue weighted by Crippen LogP contribution is -2.32. The molecule has 136 valence electrons. The van der Waals surface area contributed by atoms with Crippen LogP contribution in [-0.4, -0.2) is 10.2 Å². The van der Waals surface area contributed by atoms with E-state index in [-0.39, 0.29) is 33.8 Å². The maximum Gasteiger partial charge on any atom is 0.344 e. The molecule has 0 aliphatic rings. The molecule has 0 radical (unpaired) electrons. The van der Waals surface area contributed by atoms with E-state index in [0.29, 0.717) is 10.8 Å². The van der Waals surface area contributed by atoms with E-state index < -0.39 is 16.7 Å². The summed E-state index contributed by atoms with van der Waals surface area (Å²) >= 11 is 0. The van der Waals surface area contributed by atoms with Crippen LogP contribution in [0.25, 0.3) is 21.9 Å². The predicted molar refractivity (Wildman–Crippen MR) is 100 cm³/mol. The van der Waals surface area contributed by atoms with Gasteiger partial charge in [0.05, 0.1) is 21.9 Å². The molecule has 0 bridgehead atoms. The summed E-state index contributed by atoms with van der Waals surface area (Å²) in [5.41, 5.74) is -2.74. The zero-order valence-corrected chi connectivity index (χ0v) is 14.6. The molecule has 2 N–H and O–H groups in total. The molecule has 0 saturated carbocycles. The van der Waals surface area contributed by atoms with Gasteiger partial charge in [-0.25, -0.2) is 9.59 Å². The van der Waals surface area contributed by atoms with Crippen molar-refractivity contribution in [3.8, 4) is 11.5 Å². The lowest BCUT2D eigenvalue weighted by molar-refractivity contribution is 0.409. The van der Waals surface area contributed by atoms with Crippen LogP contribution in [-0.2, 0) is 5.41 Å². The number of para-hydroxylation sites is 2. The third kappa shape index (κ3) is 2.41. The molecular weight excluding hydrogens is 348 g/mol. The average Bonchev–Trinajstić information content (AvgIpc) is 2.61. The third-order valence-electron chi connectivity index (χ3n) is 4.82. The molecule has 0 amide bonds. The Labute approximate surface area is 152 Å². The van der Waals surface area contributed by atoms with Crippen LogP contribution >= 0.6 is 0 Å². The van der Waals surface area contributed by atoms with Crippen molar-refractivity contribution in [2.75, 3.05) is 0 Å². The minimum atomic E-state index is -1.37. The topological polar surface area (TPSA) is 101 Å². The number of fused-ring (bicyclic) bond motifs is 2. The van der Waals surface area contributed by atoms with Crippen molar-refractivity contribution < 1.29 is 19.0 Å². The van der Waals surface area contributed by atoms with E-state index in [2.05, 4.69) is 0 Å². The Hall–Kier alpha value is -3.54. The minimum Gasteiger partial charge on any atom is -0.507 e. The van der Waals surface area contributed by atoms with Gasteiger partial charge in [-0.1, -0.05) is 38.1 Å². The van der Waals surface area contributed by atoms with E-state index in [4.69, 9.17) is 8.83 Å². The molecule has 6 nitrogen and oxygen atoms in total. The summed E-state index contributed by atoms with van der Waals surface area (Å²) in [4.78, 5) is 25.2. The standard InChI is InChI=1S/C21H16O6/c1-21(2,15-17(22)11-7-3-5-9-13(11)26-19(15)24)16-18(23)12-8-4-6-10-14(12)27-20(16)25/h3-10,22-23H,1-2H3. The van der Waals surface area contributed by atoms with E-state index >= 15 is 0 Å². The van der Waals surface area contributed by atoms with Gasteiger partial charge in [-0.05, 0) is 24.3 Å². The monoisotopic (exact) mass is 364 g/mol. The first-order chi connectivity index (χ1) is 12.8. The Kier molecular flexibility index (Phi) is 3.59. The quantitative estimate of drug-likeness (QED) is 0.527. The van der Waals surface area contributed by atoms with Crippen LogP contribution in [0.15, 0.2) is 67.0 Å². The van der Waals surface area contributed by atoms with Gasteiger partial charge >= 0.3 is 11.3 Å².